The lowest BCUT2D eigenvalue weighted by Crippen LogP contribution is -2.07. The van der Waals surface area contributed by atoms with E-state index in [1.807, 2.05) is 36.4 Å². The Morgan fingerprint density at radius 3 is 2.50 bits per heavy atom. The van der Waals surface area contributed by atoms with Crippen LogP contribution in [0.2, 0.25) is 0 Å². The van der Waals surface area contributed by atoms with Gasteiger partial charge in [-0.3, -0.25) is 0 Å². The van der Waals surface area contributed by atoms with Crippen LogP contribution in [0, 0.1) is 0 Å². The van der Waals surface area contributed by atoms with E-state index in [9.17, 15) is 0 Å². The second-order valence-corrected chi connectivity index (χ2v) is 4.43. The Labute approximate surface area is 104 Å². The number of rotatable bonds is 3. The van der Waals surface area contributed by atoms with Gasteiger partial charge in [-0.15, -0.1) is 0 Å². The smallest absolute Gasteiger partial charge is 0.127 e. The SMILES string of the molecule is C[C@H](Nc1cccc(Br)n1)c1ccccc1. The van der Waals surface area contributed by atoms with Crippen LogP contribution in [0.4, 0.5) is 5.82 Å². The summed E-state index contributed by atoms with van der Waals surface area (Å²) < 4.78 is 0.845. The Morgan fingerprint density at radius 1 is 1.06 bits per heavy atom. The third kappa shape index (κ3) is 2.83. The quantitative estimate of drug-likeness (QED) is 0.857. The van der Waals surface area contributed by atoms with Crippen LogP contribution in [0.15, 0.2) is 53.1 Å². The van der Waals surface area contributed by atoms with Crippen LogP contribution in [0.3, 0.4) is 0 Å². The highest BCUT2D eigenvalue weighted by molar-refractivity contribution is 9.10. The fraction of sp³-hybridized carbons (Fsp3) is 0.154. The molecule has 0 aliphatic carbocycles. The number of aromatic nitrogens is 1. The fourth-order valence-corrected chi connectivity index (χ4v) is 1.88. The highest BCUT2D eigenvalue weighted by atomic mass is 79.9. The largest absolute Gasteiger partial charge is 0.364 e. The summed E-state index contributed by atoms with van der Waals surface area (Å²) in [6, 6.07) is 16.4. The molecule has 0 aliphatic heterocycles. The van der Waals surface area contributed by atoms with E-state index < -0.39 is 0 Å². The zero-order valence-corrected chi connectivity index (χ0v) is 10.6. The van der Waals surface area contributed by atoms with E-state index in [1.165, 1.54) is 5.56 Å². The lowest BCUT2D eigenvalue weighted by atomic mass is 10.1. The molecule has 0 aliphatic rings. The molecule has 16 heavy (non-hydrogen) atoms. The van der Waals surface area contributed by atoms with Crippen molar-refractivity contribution in [3.05, 3.63) is 58.7 Å². The molecule has 3 heteroatoms. The van der Waals surface area contributed by atoms with E-state index in [1.54, 1.807) is 0 Å². The van der Waals surface area contributed by atoms with Crippen molar-refractivity contribution in [2.75, 3.05) is 5.32 Å². The number of nitrogens with one attached hydrogen (secondary N) is 1. The van der Waals surface area contributed by atoms with Crippen molar-refractivity contribution in [3.8, 4) is 0 Å². The summed E-state index contributed by atoms with van der Waals surface area (Å²) >= 11 is 3.36. The van der Waals surface area contributed by atoms with E-state index in [0.29, 0.717) is 0 Å². The first kappa shape index (κ1) is 11.1. The Bertz CT molecular complexity index is 456. The first-order valence-electron chi connectivity index (χ1n) is 5.20. The molecule has 82 valence electrons. The van der Waals surface area contributed by atoms with Crippen LogP contribution >= 0.6 is 15.9 Å². The predicted molar refractivity (Wildman–Crippen MR) is 70.4 cm³/mol. The van der Waals surface area contributed by atoms with Crippen LogP contribution in [-0.2, 0) is 0 Å². The Morgan fingerprint density at radius 2 is 1.81 bits per heavy atom. The molecule has 0 unspecified atom stereocenters. The van der Waals surface area contributed by atoms with Crippen molar-refractivity contribution in [2.24, 2.45) is 0 Å². The van der Waals surface area contributed by atoms with Gasteiger partial charge in [-0.1, -0.05) is 36.4 Å². The van der Waals surface area contributed by atoms with Gasteiger partial charge in [0.15, 0.2) is 0 Å². The summed E-state index contributed by atoms with van der Waals surface area (Å²) in [7, 11) is 0. The normalized spacial score (nSPS) is 12.1. The van der Waals surface area contributed by atoms with Gasteiger partial charge in [0, 0.05) is 6.04 Å². The van der Waals surface area contributed by atoms with Gasteiger partial charge in [0.25, 0.3) is 0 Å². The molecule has 0 fully saturated rings. The van der Waals surface area contributed by atoms with Gasteiger partial charge in [-0.25, -0.2) is 4.98 Å². The van der Waals surface area contributed by atoms with Gasteiger partial charge in [0.2, 0.25) is 0 Å². The van der Waals surface area contributed by atoms with Gasteiger partial charge in [-0.05, 0) is 40.5 Å². The number of hydrogen-bond donors (Lipinski definition) is 1. The fourth-order valence-electron chi connectivity index (χ4n) is 1.54. The number of halogens is 1. The lowest BCUT2D eigenvalue weighted by molar-refractivity contribution is 0.873. The first-order chi connectivity index (χ1) is 7.75. The second-order valence-electron chi connectivity index (χ2n) is 3.62. The van der Waals surface area contributed by atoms with E-state index >= 15 is 0 Å². The molecule has 2 nitrogen and oxygen atoms in total. The highest BCUT2D eigenvalue weighted by Crippen LogP contribution is 2.18. The Hall–Kier alpha value is -1.35. The summed E-state index contributed by atoms with van der Waals surface area (Å²) in [5.74, 6) is 0.880. The summed E-state index contributed by atoms with van der Waals surface area (Å²) in [6.07, 6.45) is 0. The van der Waals surface area contributed by atoms with Crippen molar-refractivity contribution in [1.82, 2.24) is 4.98 Å². The average Bonchev–Trinajstić information content (AvgIpc) is 2.30. The maximum Gasteiger partial charge on any atom is 0.127 e. The van der Waals surface area contributed by atoms with Gasteiger partial charge in [0.05, 0.1) is 0 Å². The molecule has 0 radical (unpaired) electrons. The van der Waals surface area contributed by atoms with Crippen LogP contribution in [-0.4, -0.2) is 4.98 Å². The van der Waals surface area contributed by atoms with Gasteiger partial charge in [-0.2, -0.15) is 0 Å². The molecule has 0 amide bonds. The summed E-state index contributed by atoms with van der Waals surface area (Å²) in [5, 5.41) is 3.36. The molecule has 1 aromatic carbocycles. The third-order valence-electron chi connectivity index (χ3n) is 2.38. The molecule has 1 atom stereocenters. The van der Waals surface area contributed by atoms with Crippen molar-refractivity contribution < 1.29 is 0 Å². The average molecular weight is 277 g/mol. The summed E-state index contributed by atoms with van der Waals surface area (Å²) in [6.45, 7) is 2.12. The molecule has 1 N–H and O–H groups in total. The molecule has 0 saturated carbocycles. The van der Waals surface area contributed by atoms with Crippen molar-refractivity contribution in [1.29, 1.82) is 0 Å². The molecule has 0 saturated heterocycles. The summed E-state index contributed by atoms with van der Waals surface area (Å²) in [4.78, 5) is 4.34. The minimum Gasteiger partial charge on any atom is -0.364 e. The zero-order chi connectivity index (χ0) is 11.4. The van der Waals surface area contributed by atoms with E-state index in [-0.39, 0.29) is 6.04 Å². The van der Waals surface area contributed by atoms with Gasteiger partial charge >= 0.3 is 0 Å². The van der Waals surface area contributed by atoms with Gasteiger partial charge < -0.3 is 5.32 Å². The number of benzene rings is 1. The molecule has 2 rings (SSSR count). The molecule has 0 spiro atoms. The predicted octanol–water partition coefficient (Wildman–Crippen LogP) is 4.02. The van der Waals surface area contributed by atoms with E-state index in [0.717, 1.165) is 10.4 Å². The molecular weight excluding hydrogens is 264 g/mol. The number of nitrogens with zero attached hydrogens (tertiary/aromatic N) is 1. The Balaban J connectivity index is 2.11. The number of anilines is 1. The maximum atomic E-state index is 4.34. The zero-order valence-electron chi connectivity index (χ0n) is 9.02. The lowest BCUT2D eigenvalue weighted by Gasteiger charge is -2.14. The highest BCUT2D eigenvalue weighted by Gasteiger charge is 2.04. The minimum absolute atomic E-state index is 0.253. The summed E-state index contributed by atoms with van der Waals surface area (Å²) in [5.41, 5.74) is 1.25. The molecule has 0 bridgehead atoms. The van der Waals surface area contributed by atoms with Crippen LogP contribution in [0.1, 0.15) is 18.5 Å². The van der Waals surface area contributed by atoms with E-state index in [4.69, 9.17) is 0 Å². The standard InChI is InChI=1S/C13H13BrN2/c1-10(11-6-3-2-4-7-11)15-13-9-5-8-12(14)16-13/h2-10H,1H3,(H,15,16)/t10-/m0/s1. The Kier molecular flexibility index (Phi) is 3.57. The van der Waals surface area contributed by atoms with Gasteiger partial charge in [0.1, 0.15) is 10.4 Å². The van der Waals surface area contributed by atoms with Crippen LogP contribution in [0.5, 0.6) is 0 Å². The topological polar surface area (TPSA) is 24.9 Å². The van der Waals surface area contributed by atoms with Crippen LogP contribution < -0.4 is 5.32 Å². The van der Waals surface area contributed by atoms with Crippen molar-refractivity contribution in [3.63, 3.8) is 0 Å². The molecule has 2 aromatic rings. The van der Waals surface area contributed by atoms with E-state index in [2.05, 4.69) is 45.3 Å². The molecule has 1 aromatic heterocycles. The van der Waals surface area contributed by atoms with Crippen molar-refractivity contribution >= 4 is 21.7 Å². The molecule has 1 heterocycles. The minimum atomic E-state index is 0.253. The number of pyridine rings is 1. The van der Waals surface area contributed by atoms with Crippen LogP contribution in [0.25, 0.3) is 0 Å². The second kappa shape index (κ2) is 5.12. The molecular formula is C13H13BrN2. The number of hydrogen-bond acceptors (Lipinski definition) is 2. The first-order valence-corrected chi connectivity index (χ1v) is 5.99. The van der Waals surface area contributed by atoms with Crippen molar-refractivity contribution in [2.45, 2.75) is 13.0 Å². The monoisotopic (exact) mass is 276 g/mol. The maximum absolute atomic E-state index is 4.34. The third-order valence-corrected chi connectivity index (χ3v) is 2.82.